The van der Waals surface area contributed by atoms with Gasteiger partial charge in [0.1, 0.15) is 5.69 Å². The Morgan fingerprint density at radius 1 is 0.909 bits per heavy atom. The Kier molecular flexibility index (Phi) is 5.26. The van der Waals surface area contributed by atoms with Crippen molar-refractivity contribution >= 4 is 17.5 Å². The molecule has 5 rings (SSSR count). The summed E-state index contributed by atoms with van der Waals surface area (Å²) in [6.45, 7) is 1.95. The van der Waals surface area contributed by atoms with Crippen LogP contribution < -0.4 is 10.6 Å². The van der Waals surface area contributed by atoms with Crippen molar-refractivity contribution in [2.75, 3.05) is 4.90 Å². The minimum Gasteiger partial charge on any atom is -0.369 e. The summed E-state index contributed by atoms with van der Waals surface area (Å²) >= 11 is 0. The highest BCUT2D eigenvalue weighted by atomic mass is 16.2. The quantitative estimate of drug-likeness (QED) is 0.510. The number of primary amides is 1. The summed E-state index contributed by atoms with van der Waals surface area (Å²) < 4.78 is 1.69. The third-order valence-electron chi connectivity index (χ3n) is 6.15. The van der Waals surface area contributed by atoms with Gasteiger partial charge in [-0.15, -0.1) is 0 Å². The van der Waals surface area contributed by atoms with Crippen LogP contribution in [0.5, 0.6) is 0 Å². The molecule has 0 saturated carbocycles. The van der Waals surface area contributed by atoms with Gasteiger partial charge in [0.25, 0.3) is 5.91 Å². The van der Waals surface area contributed by atoms with E-state index >= 15 is 0 Å². The first kappa shape index (κ1) is 20.7. The van der Waals surface area contributed by atoms with Crippen LogP contribution in [0.3, 0.4) is 0 Å². The number of nitrogens with zero attached hydrogens (tertiary/aromatic N) is 3. The van der Waals surface area contributed by atoms with Crippen molar-refractivity contribution in [3.05, 3.63) is 102 Å². The zero-order chi connectivity index (χ0) is 22.9. The zero-order valence-corrected chi connectivity index (χ0v) is 18.3. The summed E-state index contributed by atoms with van der Waals surface area (Å²) in [4.78, 5) is 27.9. The number of anilines is 1. The van der Waals surface area contributed by atoms with Crippen molar-refractivity contribution < 1.29 is 9.59 Å². The first-order chi connectivity index (χ1) is 16.0. The van der Waals surface area contributed by atoms with E-state index in [4.69, 9.17) is 10.8 Å². The van der Waals surface area contributed by atoms with Crippen LogP contribution >= 0.6 is 0 Å². The van der Waals surface area contributed by atoms with Crippen molar-refractivity contribution in [3.8, 4) is 16.9 Å². The van der Waals surface area contributed by atoms with Gasteiger partial charge < -0.3 is 10.6 Å². The Hall–Kier alpha value is -4.19. The van der Waals surface area contributed by atoms with E-state index in [1.807, 2.05) is 97.9 Å². The lowest BCUT2D eigenvalue weighted by atomic mass is 9.85. The fraction of sp³-hybridized carbons (Fsp3) is 0.148. The summed E-state index contributed by atoms with van der Waals surface area (Å²) in [6, 6.07) is 28.5. The number of rotatable bonds is 4. The number of benzene rings is 3. The van der Waals surface area contributed by atoms with Gasteiger partial charge in [-0.05, 0) is 43.2 Å². The molecule has 0 unspecified atom stereocenters. The molecule has 1 aromatic heterocycles. The second-order valence-electron chi connectivity index (χ2n) is 8.30. The lowest BCUT2D eigenvalue weighted by molar-refractivity contribution is -0.119. The average molecular weight is 437 g/mol. The molecule has 1 aliphatic rings. The molecule has 2 heterocycles. The SMILES string of the molecule is C[C@H]1C[C@H](C(N)=O)c2ccccc2N1C(=O)c1cc(-c2ccccc2)nn1-c1ccccc1. The zero-order valence-electron chi connectivity index (χ0n) is 18.3. The van der Waals surface area contributed by atoms with Gasteiger partial charge in [0.05, 0.1) is 17.3 Å². The van der Waals surface area contributed by atoms with E-state index < -0.39 is 5.92 Å². The normalized spacial score (nSPS) is 17.4. The molecule has 6 nitrogen and oxygen atoms in total. The number of hydrogen-bond donors (Lipinski definition) is 1. The standard InChI is InChI=1S/C27H24N4O2/c1-18-16-22(26(28)32)21-14-8-9-15-24(21)30(18)27(33)25-17-23(19-10-4-2-5-11-19)29-31(25)20-12-6-3-7-13-20/h2-15,17-18,22H,16H2,1H3,(H2,28,32)/t18-,22-/m0/s1. The highest BCUT2D eigenvalue weighted by Crippen LogP contribution is 2.39. The van der Waals surface area contributed by atoms with E-state index in [0.29, 0.717) is 17.8 Å². The fourth-order valence-electron chi connectivity index (χ4n) is 4.56. The van der Waals surface area contributed by atoms with Gasteiger partial charge in [-0.1, -0.05) is 66.7 Å². The predicted molar refractivity (Wildman–Crippen MR) is 128 cm³/mol. The van der Waals surface area contributed by atoms with Crippen molar-refractivity contribution in [1.82, 2.24) is 9.78 Å². The minimum absolute atomic E-state index is 0.170. The Labute approximate surface area is 192 Å². The highest BCUT2D eigenvalue weighted by molar-refractivity contribution is 6.08. The molecule has 4 aromatic rings. The van der Waals surface area contributed by atoms with Gasteiger partial charge in [0, 0.05) is 17.3 Å². The molecule has 0 aliphatic carbocycles. The van der Waals surface area contributed by atoms with Gasteiger partial charge in [-0.3, -0.25) is 9.59 Å². The van der Waals surface area contributed by atoms with Crippen LogP contribution in [0.25, 0.3) is 16.9 Å². The molecule has 0 saturated heterocycles. The van der Waals surface area contributed by atoms with Crippen LogP contribution in [-0.4, -0.2) is 27.6 Å². The molecule has 6 heteroatoms. The molecule has 33 heavy (non-hydrogen) atoms. The van der Waals surface area contributed by atoms with E-state index in [1.165, 1.54) is 0 Å². The largest absolute Gasteiger partial charge is 0.369 e. The van der Waals surface area contributed by atoms with Crippen molar-refractivity contribution in [2.24, 2.45) is 5.73 Å². The molecule has 0 fully saturated rings. The van der Waals surface area contributed by atoms with Crippen LogP contribution in [0.15, 0.2) is 91.0 Å². The number of hydrogen-bond acceptors (Lipinski definition) is 3. The molecule has 0 spiro atoms. The van der Waals surface area contributed by atoms with Crippen LogP contribution in [0.4, 0.5) is 5.69 Å². The maximum Gasteiger partial charge on any atom is 0.277 e. The Morgan fingerprint density at radius 3 is 2.24 bits per heavy atom. The van der Waals surface area contributed by atoms with Gasteiger partial charge in [-0.25, -0.2) is 4.68 Å². The smallest absolute Gasteiger partial charge is 0.277 e. The van der Waals surface area contributed by atoms with Crippen molar-refractivity contribution in [3.63, 3.8) is 0 Å². The van der Waals surface area contributed by atoms with Crippen LogP contribution in [0.2, 0.25) is 0 Å². The second kappa shape index (κ2) is 8.39. The van der Waals surface area contributed by atoms with Crippen LogP contribution in [0.1, 0.15) is 35.3 Å². The summed E-state index contributed by atoms with van der Waals surface area (Å²) in [5.41, 5.74) is 10.1. The van der Waals surface area contributed by atoms with Crippen LogP contribution in [-0.2, 0) is 4.79 Å². The number of fused-ring (bicyclic) bond motifs is 1. The van der Waals surface area contributed by atoms with Gasteiger partial charge in [-0.2, -0.15) is 5.10 Å². The van der Waals surface area contributed by atoms with Crippen molar-refractivity contribution in [2.45, 2.75) is 25.3 Å². The number of amides is 2. The van der Waals surface area contributed by atoms with E-state index in [0.717, 1.165) is 22.5 Å². The minimum atomic E-state index is -0.417. The molecule has 164 valence electrons. The molecule has 0 radical (unpaired) electrons. The molecule has 2 atom stereocenters. The first-order valence-corrected chi connectivity index (χ1v) is 11.0. The van der Waals surface area contributed by atoms with E-state index in [9.17, 15) is 9.59 Å². The molecule has 1 aliphatic heterocycles. The number of para-hydroxylation sites is 2. The van der Waals surface area contributed by atoms with E-state index in [2.05, 4.69) is 0 Å². The summed E-state index contributed by atoms with van der Waals surface area (Å²) in [5, 5.41) is 4.79. The van der Waals surface area contributed by atoms with Gasteiger partial charge in [0.2, 0.25) is 5.91 Å². The summed E-state index contributed by atoms with van der Waals surface area (Å²) in [7, 11) is 0. The molecular formula is C27H24N4O2. The number of aromatic nitrogens is 2. The van der Waals surface area contributed by atoms with E-state index in [-0.39, 0.29) is 17.9 Å². The third-order valence-corrected chi connectivity index (χ3v) is 6.15. The lowest BCUT2D eigenvalue weighted by Gasteiger charge is -2.38. The monoisotopic (exact) mass is 436 g/mol. The van der Waals surface area contributed by atoms with Crippen LogP contribution in [0, 0.1) is 0 Å². The predicted octanol–water partition coefficient (Wildman–Crippen LogP) is 4.55. The maximum absolute atomic E-state index is 14.0. The Bertz CT molecular complexity index is 1310. The Morgan fingerprint density at radius 2 is 1.55 bits per heavy atom. The summed E-state index contributed by atoms with van der Waals surface area (Å²) in [6.07, 6.45) is 0.475. The first-order valence-electron chi connectivity index (χ1n) is 11.0. The molecule has 2 amide bonds. The fourth-order valence-corrected chi connectivity index (χ4v) is 4.56. The number of nitrogens with two attached hydrogens (primary N) is 1. The highest BCUT2D eigenvalue weighted by Gasteiger charge is 2.37. The average Bonchev–Trinajstić information content (AvgIpc) is 3.30. The Balaban J connectivity index is 1.64. The molecule has 0 bridgehead atoms. The van der Waals surface area contributed by atoms with E-state index in [1.54, 1.807) is 9.58 Å². The maximum atomic E-state index is 14.0. The molecule has 3 aromatic carbocycles. The molecular weight excluding hydrogens is 412 g/mol. The lowest BCUT2D eigenvalue weighted by Crippen LogP contribution is -2.45. The van der Waals surface area contributed by atoms with Crippen molar-refractivity contribution in [1.29, 1.82) is 0 Å². The summed E-state index contributed by atoms with van der Waals surface area (Å²) in [5.74, 6) is -0.961. The van der Waals surface area contributed by atoms with Gasteiger partial charge >= 0.3 is 0 Å². The number of carbonyl (C=O) groups excluding carboxylic acids is 2. The topological polar surface area (TPSA) is 81.2 Å². The molecule has 2 N–H and O–H groups in total. The third kappa shape index (κ3) is 3.69. The number of carbonyl (C=O) groups is 2. The second-order valence-corrected chi connectivity index (χ2v) is 8.30. The van der Waals surface area contributed by atoms with Gasteiger partial charge in [0.15, 0.2) is 0 Å².